The highest BCUT2D eigenvalue weighted by Gasteiger charge is 2.13. The minimum Gasteiger partial charge on any atom is -0.264 e. The van der Waals surface area contributed by atoms with Gasteiger partial charge in [-0.05, 0) is 90.0 Å². The van der Waals surface area contributed by atoms with Gasteiger partial charge in [0.1, 0.15) is 0 Å². The third-order valence-corrected chi connectivity index (χ3v) is 6.75. The second-order valence-corrected chi connectivity index (χ2v) is 8.40. The van der Waals surface area contributed by atoms with Crippen LogP contribution in [0.25, 0.3) is 54.7 Å². The van der Waals surface area contributed by atoms with Crippen molar-refractivity contribution in [1.29, 1.82) is 0 Å². The summed E-state index contributed by atoms with van der Waals surface area (Å²) >= 11 is 0. The van der Waals surface area contributed by atoms with Gasteiger partial charge in [0.2, 0.25) is 0 Å². The Morgan fingerprint density at radius 2 is 1.26 bits per heavy atom. The predicted molar refractivity (Wildman–Crippen MR) is 132 cm³/mol. The first-order chi connectivity index (χ1) is 15.4. The molecule has 0 radical (unpaired) electrons. The molecule has 0 aliphatic heterocycles. The van der Waals surface area contributed by atoms with Gasteiger partial charge in [-0.25, -0.2) is 0 Å². The largest absolute Gasteiger partial charge is 0.264 e. The van der Waals surface area contributed by atoms with Crippen LogP contribution < -0.4 is 10.4 Å². The summed E-state index contributed by atoms with van der Waals surface area (Å²) in [7, 11) is 0. The lowest BCUT2D eigenvalue weighted by Gasteiger charge is -2.12. The zero-order chi connectivity index (χ0) is 20.4. The molecule has 1 heterocycles. The van der Waals surface area contributed by atoms with E-state index in [0.717, 1.165) is 6.42 Å². The standard InChI is InChI=1S/C30H19N/c1-2-7-26-24(5-1)25-6-3-4-8-27(25)30-16-21(10-12-28(26)30)23-11-9-20-15-19-13-14-31-18-22(19)17-29(20)23/h1-10,12-18H,11H2. The van der Waals surface area contributed by atoms with Crippen LogP contribution in [0.1, 0.15) is 12.0 Å². The molecule has 144 valence electrons. The van der Waals surface area contributed by atoms with E-state index in [0.29, 0.717) is 0 Å². The van der Waals surface area contributed by atoms with Crippen LogP contribution in [-0.4, -0.2) is 4.98 Å². The zero-order valence-corrected chi connectivity index (χ0v) is 17.0. The molecule has 7 rings (SSSR count). The fraction of sp³-hybridized carbons (Fsp3) is 0.0333. The maximum Gasteiger partial charge on any atom is 0.0346 e. The van der Waals surface area contributed by atoms with Crippen LogP contribution in [-0.2, 0) is 0 Å². The van der Waals surface area contributed by atoms with E-state index < -0.39 is 0 Å². The van der Waals surface area contributed by atoms with Gasteiger partial charge in [-0.15, -0.1) is 0 Å². The van der Waals surface area contributed by atoms with Crippen LogP contribution in [0.3, 0.4) is 0 Å². The Labute approximate surface area is 179 Å². The molecule has 6 aromatic rings. The highest BCUT2D eigenvalue weighted by molar-refractivity contribution is 6.25. The van der Waals surface area contributed by atoms with Gasteiger partial charge in [-0.3, -0.25) is 4.98 Å². The van der Waals surface area contributed by atoms with Crippen LogP contribution >= 0.6 is 0 Å². The summed E-state index contributed by atoms with van der Waals surface area (Å²) in [6.45, 7) is 0. The number of fused-ring (bicyclic) bond motifs is 8. The van der Waals surface area contributed by atoms with Crippen molar-refractivity contribution in [3.63, 3.8) is 0 Å². The van der Waals surface area contributed by atoms with E-state index in [2.05, 4.69) is 96.0 Å². The SMILES string of the molecule is C1=c2cc3ccncc3cc2=C(c2ccc3c4ccccc4c4ccccc4c3c2)C1. The van der Waals surface area contributed by atoms with E-state index in [9.17, 15) is 0 Å². The second kappa shape index (κ2) is 6.26. The van der Waals surface area contributed by atoms with Crippen LogP contribution in [0.2, 0.25) is 0 Å². The highest BCUT2D eigenvalue weighted by atomic mass is 14.6. The fourth-order valence-corrected chi connectivity index (χ4v) is 5.27. The summed E-state index contributed by atoms with van der Waals surface area (Å²) in [5.74, 6) is 0. The van der Waals surface area contributed by atoms with E-state index in [-0.39, 0.29) is 0 Å². The number of aromatic nitrogens is 1. The molecule has 1 aliphatic rings. The van der Waals surface area contributed by atoms with E-state index in [1.54, 1.807) is 0 Å². The Balaban J connectivity index is 1.58. The van der Waals surface area contributed by atoms with Gasteiger partial charge in [0.25, 0.3) is 0 Å². The number of nitrogens with zero attached hydrogens (tertiary/aromatic N) is 1. The molecule has 5 aromatic carbocycles. The van der Waals surface area contributed by atoms with Gasteiger partial charge >= 0.3 is 0 Å². The molecular formula is C30H19N. The van der Waals surface area contributed by atoms with Gasteiger partial charge in [-0.1, -0.05) is 66.7 Å². The second-order valence-electron chi connectivity index (χ2n) is 8.40. The topological polar surface area (TPSA) is 12.9 Å². The molecule has 0 spiro atoms. The molecule has 0 atom stereocenters. The molecule has 0 saturated carbocycles. The number of benzene rings is 5. The molecule has 0 saturated heterocycles. The summed E-state index contributed by atoms with van der Waals surface area (Å²) in [5, 5.41) is 13.1. The van der Waals surface area contributed by atoms with Gasteiger partial charge in [0.15, 0.2) is 0 Å². The van der Waals surface area contributed by atoms with E-state index in [1.165, 1.54) is 64.7 Å². The molecule has 1 heteroatoms. The van der Waals surface area contributed by atoms with E-state index in [4.69, 9.17) is 0 Å². The number of hydrogen-bond donors (Lipinski definition) is 0. The zero-order valence-electron chi connectivity index (χ0n) is 17.0. The molecular weight excluding hydrogens is 374 g/mol. The van der Waals surface area contributed by atoms with Crippen molar-refractivity contribution in [2.75, 3.05) is 0 Å². The lowest BCUT2D eigenvalue weighted by molar-refractivity contribution is 1.36. The van der Waals surface area contributed by atoms with Crippen molar-refractivity contribution < 1.29 is 0 Å². The summed E-state index contributed by atoms with van der Waals surface area (Å²) in [5.41, 5.74) is 2.71. The van der Waals surface area contributed by atoms with Crippen molar-refractivity contribution in [2.24, 2.45) is 0 Å². The fourth-order valence-electron chi connectivity index (χ4n) is 5.27. The van der Waals surface area contributed by atoms with Crippen LogP contribution in [0, 0.1) is 0 Å². The Morgan fingerprint density at radius 1 is 0.581 bits per heavy atom. The highest BCUT2D eigenvalue weighted by Crippen LogP contribution is 2.36. The Hall–Kier alpha value is -3.97. The maximum absolute atomic E-state index is 4.32. The average Bonchev–Trinajstić information content (AvgIpc) is 3.25. The van der Waals surface area contributed by atoms with Crippen LogP contribution in [0.4, 0.5) is 0 Å². The van der Waals surface area contributed by atoms with E-state index in [1.807, 2.05) is 12.4 Å². The third-order valence-electron chi connectivity index (χ3n) is 6.75. The molecule has 1 aliphatic carbocycles. The number of pyridine rings is 1. The predicted octanol–water partition coefficient (Wildman–Crippen LogP) is 6.08. The number of rotatable bonds is 1. The van der Waals surface area contributed by atoms with Gasteiger partial charge < -0.3 is 0 Å². The smallest absolute Gasteiger partial charge is 0.0346 e. The van der Waals surface area contributed by atoms with Gasteiger partial charge in [0, 0.05) is 17.8 Å². The summed E-state index contributed by atoms with van der Waals surface area (Å²) < 4.78 is 0. The first-order valence-corrected chi connectivity index (χ1v) is 10.8. The molecule has 0 fully saturated rings. The summed E-state index contributed by atoms with van der Waals surface area (Å²) in [4.78, 5) is 4.32. The molecule has 0 unspecified atom stereocenters. The first kappa shape index (κ1) is 16.8. The summed E-state index contributed by atoms with van der Waals surface area (Å²) in [6.07, 6.45) is 7.15. The molecule has 1 aromatic heterocycles. The first-order valence-electron chi connectivity index (χ1n) is 10.8. The van der Waals surface area contributed by atoms with Crippen molar-refractivity contribution in [1.82, 2.24) is 4.98 Å². The van der Waals surface area contributed by atoms with Crippen molar-refractivity contribution in [2.45, 2.75) is 6.42 Å². The van der Waals surface area contributed by atoms with Crippen molar-refractivity contribution in [3.05, 3.63) is 113 Å². The van der Waals surface area contributed by atoms with E-state index >= 15 is 0 Å². The lowest BCUT2D eigenvalue weighted by Crippen LogP contribution is -2.22. The molecule has 0 amide bonds. The molecule has 31 heavy (non-hydrogen) atoms. The summed E-state index contributed by atoms with van der Waals surface area (Å²) in [6, 6.07) is 31.2. The lowest BCUT2D eigenvalue weighted by atomic mass is 9.91. The number of hydrogen-bond acceptors (Lipinski definition) is 1. The molecule has 0 bridgehead atoms. The minimum atomic E-state index is 0.968. The normalized spacial score (nSPS) is 13.2. The molecule has 1 nitrogen and oxygen atoms in total. The molecule has 0 N–H and O–H groups in total. The van der Waals surface area contributed by atoms with Crippen LogP contribution in [0.15, 0.2) is 97.3 Å². The average molecular weight is 393 g/mol. The van der Waals surface area contributed by atoms with Gasteiger partial charge in [-0.2, -0.15) is 0 Å². The Bertz CT molecular complexity index is 1770. The van der Waals surface area contributed by atoms with Gasteiger partial charge in [0.05, 0.1) is 0 Å². The van der Waals surface area contributed by atoms with Crippen molar-refractivity contribution >= 4 is 54.7 Å². The Morgan fingerprint density at radius 3 is 2.00 bits per heavy atom. The third kappa shape index (κ3) is 2.41. The minimum absolute atomic E-state index is 0.968. The maximum atomic E-state index is 4.32. The van der Waals surface area contributed by atoms with Crippen LogP contribution in [0.5, 0.6) is 0 Å². The van der Waals surface area contributed by atoms with Crippen molar-refractivity contribution in [3.8, 4) is 0 Å². The monoisotopic (exact) mass is 393 g/mol. The Kier molecular flexibility index (Phi) is 3.39. The quantitative estimate of drug-likeness (QED) is 0.309.